The highest BCUT2D eigenvalue weighted by Crippen LogP contribution is 2.16. The molecular weight excluding hydrogens is 216 g/mol. The Balaban J connectivity index is 2.04. The Hall–Kier alpha value is -1.03. The van der Waals surface area contributed by atoms with Gasteiger partial charge in [0.1, 0.15) is 0 Å². The van der Waals surface area contributed by atoms with E-state index >= 15 is 0 Å². The molecule has 0 aromatic heterocycles. The summed E-state index contributed by atoms with van der Waals surface area (Å²) < 4.78 is 0. The number of unbranched alkanes of at least 4 members (excludes halogenated alkanes) is 3. The number of urea groups is 1. The Morgan fingerprint density at radius 3 is 2.82 bits per heavy atom. The van der Waals surface area contributed by atoms with Crippen LogP contribution < -0.4 is 10.6 Å². The summed E-state index contributed by atoms with van der Waals surface area (Å²) in [7, 11) is 0. The van der Waals surface area contributed by atoms with Gasteiger partial charge in [0, 0.05) is 25.1 Å². The fourth-order valence-corrected chi connectivity index (χ4v) is 1.99. The zero-order valence-corrected chi connectivity index (χ0v) is 10.6. The summed E-state index contributed by atoms with van der Waals surface area (Å²) in [5.41, 5.74) is 0. The molecule has 0 aromatic carbocycles. The maximum Gasteiger partial charge on any atom is 0.315 e. The Labute approximate surface area is 103 Å². The molecule has 98 valence electrons. The van der Waals surface area contributed by atoms with Crippen LogP contribution in [0.25, 0.3) is 0 Å². The molecule has 0 aliphatic heterocycles. The zero-order valence-electron chi connectivity index (χ0n) is 10.6. The fraction of sp³-hybridized carbons (Fsp3) is 0.769. The summed E-state index contributed by atoms with van der Waals surface area (Å²) >= 11 is 0. The average Bonchev–Trinajstić information content (AvgIpc) is 2.76. The van der Waals surface area contributed by atoms with Gasteiger partial charge in [-0.15, -0.1) is 0 Å². The van der Waals surface area contributed by atoms with E-state index in [1.54, 1.807) is 0 Å². The highest BCUT2D eigenvalue weighted by atomic mass is 16.3. The van der Waals surface area contributed by atoms with E-state index in [9.17, 15) is 4.79 Å². The van der Waals surface area contributed by atoms with Crippen molar-refractivity contribution in [2.75, 3.05) is 13.2 Å². The lowest BCUT2D eigenvalue weighted by molar-refractivity contribution is 0.231. The molecule has 0 radical (unpaired) electrons. The number of aliphatic hydroxyl groups excluding tert-OH is 1. The van der Waals surface area contributed by atoms with E-state index in [2.05, 4.69) is 17.6 Å². The first kappa shape index (κ1) is 14.0. The number of carbonyl (C=O) groups excluding carboxylic acids is 1. The molecule has 0 unspecified atom stereocenters. The van der Waals surface area contributed by atoms with E-state index in [1.165, 1.54) is 19.3 Å². The van der Waals surface area contributed by atoms with Crippen molar-refractivity contribution < 1.29 is 9.90 Å². The summed E-state index contributed by atoms with van der Waals surface area (Å²) in [6, 6.07) is -0.0301. The van der Waals surface area contributed by atoms with Crippen LogP contribution in [0.2, 0.25) is 0 Å². The topological polar surface area (TPSA) is 61.4 Å². The summed E-state index contributed by atoms with van der Waals surface area (Å²) in [5, 5.41) is 14.7. The molecule has 4 nitrogen and oxygen atoms in total. The molecule has 0 saturated carbocycles. The maximum atomic E-state index is 11.5. The first-order valence-electron chi connectivity index (χ1n) is 6.59. The van der Waals surface area contributed by atoms with E-state index < -0.39 is 0 Å². The highest BCUT2D eigenvalue weighted by Gasteiger charge is 2.19. The van der Waals surface area contributed by atoms with Crippen molar-refractivity contribution in [3.05, 3.63) is 12.2 Å². The van der Waals surface area contributed by atoms with Crippen molar-refractivity contribution in [3.63, 3.8) is 0 Å². The highest BCUT2D eigenvalue weighted by molar-refractivity contribution is 5.74. The molecule has 0 saturated heterocycles. The molecule has 0 fully saturated rings. The summed E-state index contributed by atoms with van der Waals surface area (Å²) in [4.78, 5) is 11.5. The van der Waals surface area contributed by atoms with Crippen LogP contribution in [0.1, 0.15) is 39.0 Å². The van der Waals surface area contributed by atoms with E-state index in [4.69, 9.17) is 5.11 Å². The largest absolute Gasteiger partial charge is 0.396 e. The van der Waals surface area contributed by atoms with Gasteiger partial charge in [-0.1, -0.05) is 38.3 Å². The molecule has 2 atom stereocenters. The number of rotatable bonds is 7. The molecule has 4 heteroatoms. The van der Waals surface area contributed by atoms with E-state index in [0.717, 1.165) is 19.4 Å². The van der Waals surface area contributed by atoms with Crippen molar-refractivity contribution in [3.8, 4) is 0 Å². The standard InChI is InChI=1S/C13H24N2O2/c1-2-3-4-5-8-14-13(17)15-12-7-6-11(9-12)10-16/h6-7,11-12,16H,2-5,8-10H2,1H3,(H2,14,15,17)/t11-,12+/m0/s1. The lowest BCUT2D eigenvalue weighted by Gasteiger charge is -2.13. The first-order valence-corrected chi connectivity index (χ1v) is 6.59. The molecular formula is C13H24N2O2. The SMILES string of the molecule is CCCCCCNC(=O)N[C@@H]1C=C[C@H](CO)C1. The average molecular weight is 240 g/mol. The normalized spacial score (nSPS) is 22.7. The van der Waals surface area contributed by atoms with Crippen LogP contribution in [0.3, 0.4) is 0 Å². The number of aliphatic hydroxyl groups is 1. The third-order valence-corrected chi connectivity index (χ3v) is 3.04. The summed E-state index contributed by atoms with van der Waals surface area (Å²) in [6.45, 7) is 3.07. The predicted octanol–water partition coefficient (Wildman–Crippen LogP) is 1.80. The molecule has 3 N–H and O–H groups in total. The third-order valence-electron chi connectivity index (χ3n) is 3.04. The molecule has 0 aromatic rings. The minimum absolute atomic E-state index is 0.0720. The van der Waals surface area contributed by atoms with Crippen molar-refractivity contribution in [2.45, 2.75) is 45.1 Å². The van der Waals surface area contributed by atoms with Gasteiger partial charge in [0.25, 0.3) is 0 Å². The van der Waals surface area contributed by atoms with Gasteiger partial charge in [-0.25, -0.2) is 4.79 Å². The second-order valence-corrected chi connectivity index (χ2v) is 4.63. The third kappa shape index (κ3) is 5.73. The van der Waals surface area contributed by atoms with Gasteiger partial charge in [-0.2, -0.15) is 0 Å². The lowest BCUT2D eigenvalue weighted by atomic mass is 10.1. The van der Waals surface area contributed by atoms with Gasteiger partial charge in [0.15, 0.2) is 0 Å². The summed E-state index contributed by atoms with van der Waals surface area (Å²) in [5.74, 6) is 0.199. The number of amides is 2. The lowest BCUT2D eigenvalue weighted by Crippen LogP contribution is -2.41. The Bertz CT molecular complexity index is 254. The van der Waals surface area contributed by atoms with E-state index in [0.29, 0.717) is 0 Å². The minimum atomic E-state index is -0.102. The molecule has 1 aliphatic rings. The van der Waals surface area contributed by atoms with Gasteiger partial charge in [-0.3, -0.25) is 0 Å². The van der Waals surface area contributed by atoms with Crippen LogP contribution >= 0.6 is 0 Å². The molecule has 1 rings (SSSR count). The van der Waals surface area contributed by atoms with Gasteiger partial charge < -0.3 is 15.7 Å². The zero-order chi connectivity index (χ0) is 12.5. The van der Waals surface area contributed by atoms with Gasteiger partial charge >= 0.3 is 6.03 Å². The maximum absolute atomic E-state index is 11.5. The van der Waals surface area contributed by atoms with E-state index in [1.807, 2.05) is 12.2 Å². The van der Waals surface area contributed by atoms with Crippen LogP contribution in [-0.4, -0.2) is 30.3 Å². The van der Waals surface area contributed by atoms with E-state index in [-0.39, 0.29) is 24.6 Å². The van der Waals surface area contributed by atoms with Crippen molar-refractivity contribution >= 4 is 6.03 Å². The van der Waals surface area contributed by atoms with Crippen LogP contribution in [-0.2, 0) is 0 Å². The smallest absolute Gasteiger partial charge is 0.315 e. The monoisotopic (exact) mass is 240 g/mol. The molecule has 2 amide bonds. The van der Waals surface area contributed by atoms with Crippen molar-refractivity contribution in [1.29, 1.82) is 0 Å². The van der Waals surface area contributed by atoms with Gasteiger partial charge in [0.05, 0.1) is 0 Å². The molecule has 17 heavy (non-hydrogen) atoms. The second kappa shape index (κ2) is 8.12. The molecule has 0 spiro atoms. The van der Waals surface area contributed by atoms with Gasteiger partial charge in [-0.05, 0) is 12.8 Å². The Morgan fingerprint density at radius 1 is 1.35 bits per heavy atom. The van der Waals surface area contributed by atoms with Crippen LogP contribution in [0, 0.1) is 5.92 Å². The Kier molecular flexibility index (Phi) is 6.70. The predicted molar refractivity (Wildman–Crippen MR) is 68.8 cm³/mol. The van der Waals surface area contributed by atoms with Crippen LogP contribution in [0.4, 0.5) is 4.79 Å². The van der Waals surface area contributed by atoms with Crippen LogP contribution in [0.5, 0.6) is 0 Å². The first-order chi connectivity index (χ1) is 8.26. The Morgan fingerprint density at radius 2 is 2.18 bits per heavy atom. The summed E-state index contributed by atoms with van der Waals surface area (Å²) in [6.07, 6.45) is 9.38. The van der Waals surface area contributed by atoms with Crippen LogP contribution in [0.15, 0.2) is 12.2 Å². The quantitative estimate of drug-likeness (QED) is 0.469. The fourth-order valence-electron chi connectivity index (χ4n) is 1.99. The second-order valence-electron chi connectivity index (χ2n) is 4.63. The van der Waals surface area contributed by atoms with Crippen molar-refractivity contribution in [2.24, 2.45) is 5.92 Å². The number of carbonyl (C=O) groups is 1. The molecule has 0 heterocycles. The molecule has 1 aliphatic carbocycles. The molecule has 0 bridgehead atoms. The number of hydrogen-bond donors (Lipinski definition) is 3. The van der Waals surface area contributed by atoms with Gasteiger partial charge in [0.2, 0.25) is 0 Å². The number of hydrogen-bond acceptors (Lipinski definition) is 2. The van der Waals surface area contributed by atoms with Crippen molar-refractivity contribution in [1.82, 2.24) is 10.6 Å². The minimum Gasteiger partial charge on any atom is -0.396 e. The number of nitrogens with one attached hydrogen (secondary N) is 2.